The molecule has 0 aliphatic carbocycles. The second kappa shape index (κ2) is 9.54. The molecule has 2 amide bonds. The molecule has 3 N–H and O–H groups in total. The Morgan fingerprint density at radius 3 is 2.38 bits per heavy atom. The molecule has 1 fully saturated rings. The highest BCUT2D eigenvalue weighted by molar-refractivity contribution is 6.35. The number of rotatable bonds is 7. The van der Waals surface area contributed by atoms with E-state index in [0.29, 0.717) is 13.1 Å². The standard InChI is InChI=1S/C19H30N4O3/c1-22(2)15-9-7-14(8-10-15)17(23(3)4)13-21-19(25)18(24)20-12-16-6-5-11-26-16/h7-10,16-17H,5-6,11-13H2,1-4H3,(H,20,24)(H,21,25)/p+1/t16-,17-/m1/s1. The number of carbonyl (C=O) groups is 2. The van der Waals surface area contributed by atoms with E-state index >= 15 is 0 Å². The summed E-state index contributed by atoms with van der Waals surface area (Å²) >= 11 is 0. The van der Waals surface area contributed by atoms with Crippen LogP contribution in [0.4, 0.5) is 5.69 Å². The van der Waals surface area contributed by atoms with Gasteiger partial charge in [0.2, 0.25) is 0 Å². The fourth-order valence-electron chi connectivity index (χ4n) is 3.03. The van der Waals surface area contributed by atoms with Gasteiger partial charge < -0.3 is 25.2 Å². The average molecular weight is 363 g/mol. The lowest BCUT2D eigenvalue weighted by molar-refractivity contribution is -0.890. The number of quaternary nitrogens is 1. The van der Waals surface area contributed by atoms with Gasteiger partial charge in [0.1, 0.15) is 6.04 Å². The maximum atomic E-state index is 12.1. The number of nitrogens with zero attached hydrogens (tertiary/aromatic N) is 1. The molecule has 0 bridgehead atoms. The molecule has 144 valence electrons. The largest absolute Gasteiger partial charge is 0.378 e. The molecule has 7 nitrogen and oxygen atoms in total. The van der Waals surface area contributed by atoms with Gasteiger partial charge in [-0.15, -0.1) is 0 Å². The molecule has 1 aliphatic heterocycles. The van der Waals surface area contributed by atoms with Crippen LogP contribution in [0.5, 0.6) is 0 Å². The Kier molecular flexibility index (Phi) is 7.41. The summed E-state index contributed by atoms with van der Waals surface area (Å²) in [5.74, 6) is -1.20. The monoisotopic (exact) mass is 363 g/mol. The highest BCUT2D eigenvalue weighted by atomic mass is 16.5. The van der Waals surface area contributed by atoms with E-state index in [9.17, 15) is 9.59 Å². The van der Waals surface area contributed by atoms with Crippen LogP contribution in [0, 0.1) is 0 Å². The van der Waals surface area contributed by atoms with Crippen molar-refractivity contribution in [1.82, 2.24) is 10.6 Å². The SMILES string of the molecule is CN(C)c1ccc([C@@H](CNC(=O)C(=O)NC[C@H]2CCCO2)[NH+](C)C)cc1. The molecule has 0 aromatic heterocycles. The van der Waals surface area contributed by atoms with Crippen molar-refractivity contribution in [3.63, 3.8) is 0 Å². The summed E-state index contributed by atoms with van der Waals surface area (Å²) in [6.45, 7) is 1.52. The van der Waals surface area contributed by atoms with E-state index in [0.717, 1.165) is 30.7 Å². The number of amides is 2. The summed E-state index contributed by atoms with van der Waals surface area (Å²) in [6, 6.07) is 8.32. The van der Waals surface area contributed by atoms with Crippen LogP contribution in [0.25, 0.3) is 0 Å². The van der Waals surface area contributed by atoms with Crippen molar-refractivity contribution in [3.05, 3.63) is 29.8 Å². The number of carbonyl (C=O) groups excluding carboxylic acids is 2. The van der Waals surface area contributed by atoms with Crippen molar-refractivity contribution in [2.24, 2.45) is 0 Å². The number of hydrogen-bond donors (Lipinski definition) is 3. The van der Waals surface area contributed by atoms with E-state index in [1.54, 1.807) is 0 Å². The first-order valence-electron chi connectivity index (χ1n) is 9.13. The maximum absolute atomic E-state index is 12.1. The summed E-state index contributed by atoms with van der Waals surface area (Å²) in [4.78, 5) is 27.2. The molecule has 0 unspecified atom stereocenters. The minimum atomic E-state index is -0.601. The van der Waals surface area contributed by atoms with Crippen molar-refractivity contribution >= 4 is 17.5 Å². The van der Waals surface area contributed by atoms with Gasteiger partial charge in [0.25, 0.3) is 0 Å². The van der Waals surface area contributed by atoms with Crippen LogP contribution in [-0.4, -0.2) is 65.8 Å². The Labute approximate surface area is 155 Å². The van der Waals surface area contributed by atoms with Gasteiger partial charge >= 0.3 is 11.8 Å². The van der Waals surface area contributed by atoms with Gasteiger partial charge in [-0.25, -0.2) is 0 Å². The highest BCUT2D eigenvalue weighted by Gasteiger charge is 2.22. The fraction of sp³-hybridized carbons (Fsp3) is 0.579. The molecular weight excluding hydrogens is 332 g/mol. The molecule has 0 spiro atoms. The number of nitrogens with one attached hydrogen (secondary N) is 3. The molecule has 1 aromatic carbocycles. The van der Waals surface area contributed by atoms with Gasteiger partial charge in [0.05, 0.1) is 26.7 Å². The van der Waals surface area contributed by atoms with Crippen molar-refractivity contribution in [2.45, 2.75) is 25.0 Å². The van der Waals surface area contributed by atoms with Crippen molar-refractivity contribution in [3.8, 4) is 0 Å². The van der Waals surface area contributed by atoms with Crippen LogP contribution in [0.1, 0.15) is 24.4 Å². The molecule has 7 heteroatoms. The third kappa shape index (κ3) is 5.71. The highest BCUT2D eigenvalue weighted by Crippen LogP contribution is 2.16. The molecule has 0 saturated carbocycles. The predicted octanol–water partition coefficient (Wildman–Crippen LogP) is -0.650. The van der Waals surface area contributed by atoms with E-state index in [2.05, 4.69) is 34.9 Å². The lowest BCUT2D eigenvalue weighted by Crippen LogP contribution is -3.07. The van der Waals surface area contributed by atoms with E-state index in [-0.39, 0.29) is 12.1 Å². The first kappa shape index (κ1) is 20.2. The Morgan fingerprint density at radius 1 is 1.19 bits per heavy atom. The Morgan fingerprint density at radius 2 is 1.85 bits per heavy atom. The molecule has 26 heavy (non-hydrogen) atoms. The zero-order valence-electron chi connectivity index (χ0n) is 16.2. The molecule has 1 saturated heterocycles. The molecule has 1 aliphatic rings. The Hall–Kier alpha value is -2.12. The van der Waals surface area contributed by atoms with Gasteiger partial charge in [0.15, 0.2) is 0 Å². The third-order valence-corrected chi connectivity index (χ3v) is 4.70. The van der Waals surface area contributed by atoms with Gasteiger partial charge in [0, 0.05) is 38.5 Å². The van der Waals surface area contributed by atoms with Crippen LogP contribution in [0.2, 0.25) is 0 Å². The average Bonchev–Trinajstić information content (AvgIpc) is 3.13. The minimum absolute atomic E-state index is 0.0286. The lowest BCUT2D eigenvalue weighted by atomic mass is 10.1. The summed E-state index contributed by atoms with van der Waals surface area (Å²) in [5.41, 5.74) is 2.24. The van der Waals surface area contributed by atoms with Crippen molar-refractivity contribution < 1.29 is 19.2 Å². The molecule has 1 aromatic rings. The topological polar surface area (TPSA) is 75.1 Å². The van der Waals surface area contributed by atoms with Gasteiger partial charge in [-0.1, -0.05) is 12.1 Å². The van der Waals surface area contributed by atoms with Crippen LogP contribution in [-0.2, 0) is 14.3 Å². The Bertz CT molecular complexity index is 595. The first-order valence-corrected chi connectivity index (χ1v) is 9.13. The van der Waals surface area contributed by atoms with Crippen LogP contribution in [0.3, 0.4) is 0 Å². The lowest BCUT2D eigenvalue weighted by Gasteiger charge is -2.23. The number of ether oxygens (including phenoxy) is 1. The summed E-state index contributed by atoms with van der Waals surface area (Å²) < 4.78 is 5.44. The number of likely N-dealkylation sites (N-methyl/N-ethyl adjacent to an activating group) is 1. The van der Waals surface area contributed by atoms with Gasteiger partial charge in [-0.05, 0) is 25.0 Å². The zero-order chi connectivity index (χ0) is 19.1. The predicted molar refractivity (Wildman–Crippen MR) is 101 cm³/mol. The number of benzene rings is 1. The van der Waals surface area contributed by atoms with E-state index in [1.807, 2.05) is 33.1 Å². The summed E-state index contributed by atoms with van der Waals surface area (Å²) in [6.07, 6.45) is 1.96. The molecule has 1 heterocycles. The maximum Gasteiger partial charge on any atom is 0.309 e. The quantitative estimate of drug-likeness (QED) is 0.563. The van der Waals surface area contributed by atoms with E-state index < -0.39 is 11.8 Å². The molecule has 2 rings (SSSR count). The van der Waals surface area contributed by atoms with Crippen LogP contribution in [0.15, 0.2) is 24.3 Å². The third-order valence-electron chi connectivity index (χ3n) is 4.70. The second-order valence-corrected chi connectivity index (χ2v) is 7.17. The van der Waals surface area contributed by atoms with Gasteiger partial charge in [-0.2, -0.15) is 0 Å². The zero-order valence-corrected chi connectivity index (χ0v) is 16.2. The molecule has 0 radical (unpaired) electrons. The molecular formula is C19H31N4O3+. The van der Waals surface area contributed by atoms with E-state index in [1.165, 1.54) is 4.90 Å². The van der Waals surface area contributed by atoms with Crippen molar-refractivity contribution in [1.29, 1.82) is 0 Å². The Balaban J connectivity index is 1.86. The van der Waals surface area contributed by atoms with Crippen LogP contribution < -0.4 is 20.4 Å². The van der Waals surface area contributed by atoms with E-state index in [4.69, 9.17) is 4.74 Å². The van der Waals surface area contributed by atoms with Crippen molar-refractivity contribution in [2.75, 3.05) is 52.8 Å². The normalized spacial score (nSPS) is 17.8. The smallest absolute Gasteiger partial charge is 0.309 e. The van der Waals surface area contributed by atoms with Gasteiger partial charge in [-0.3, -0.25) is 9.59 Å². The second-order valence-electron chi connectivity index (χ2n) is 7.17. The number of anilines is 1. The molecule has 2 atom stereocenters. The summed E-state index contributed by atoms with van der Waals surface area (Å²) in [5, 5.41) is 5.40. The number of hydrogen-bond acceptors (Lipinski definition) is 4. The van der Waals surface area contributed by atoms with Crippen LogP contribution >= 0.6 is 0 Å². The summed E-state index contributed by atoms with van der Waals surface area (Å²) in [7, 11) is 8.07. The first-order chi connectivity index (χ1) is 12.4. The minimum Gasteiger partial charge on any atom is -0.378 e. The fourth-order valence-corrected chi connectivity index (χ4v) is 3.03.